The molecule has 0 bridgehead atoms. The first-order valence-electron chi connectivity index (χ1n) is 5.65. The Morgan fingerprint density at radius 3 is 2.44 bits per heavy atom. The molecule has 0 aliphatic rings. The minimum atomic E-state index is -0.378. The third kappa shape index (κ3) is 5.02. The smallest absolute Gasteiger partial charge is 0.334 e. The van der Waals surface area contributed by atoms with Crippen molar-refractivity contribution in [3.63, 3.8) is 0 Å². The number of nitrogens with zero attached hydrogens (tertiary/aromatic N) is 1. The molecule has 0 aromatic heterocycles. The van der Waals surface area contributed by atoms with Crippen LogP contribution in [0.1, 0.15) is 12.5 Å². The van der Waals surface area contributed by atoms with Crippen LogP contribution in [0.25, 0.3) is 0 Å². The van der Waals surface area contributed by atoms with Crippen LogP contribution in [0.5, 0.6) is 0 Å². The number of rotatable bonds is 5. The Hall–Kier alpha value is -1.13. The summed E-state index contributed by atoms with van der Waals surface area (Å²) in [5, 5.41) is 0. The number of benzene rings is 1. The van der Waals surface area contributed by atoms with Gasteiger partial charge in [0.15, 0.2) is 0 Å². The standard InChI is InChI=1S/C14H20NO2.BrH/c1-5-14(16)17-12(2)15(3,4)11-13-9-7-6-8-10-13;/h5-10,12H,1,11H2,2-4H3;1H/q+1;/p-1. The number of halogens is 1. The van der Waals surface area contributed by atoms with Crippen molar-refractivity contribution in [3.05, 3.63) is 48.6 Å². The maximum Gasteiger partial charge on any atom is 0.334 e. The van der Waals surface area contributed by atoms with Crippen molar-refractivity contribution >= 4 is 5.97 Å². The highest BCUT2D eigenvalue weighted by molar-refractivity contribution is 5.81. The number of hydrogen-bond donors (Lipinski definition) is 0. The van der Waals surface area contributed by atoms with E-state index in [-0.39, 0.29) is 29.2 Å². The summed E-state index contributed by atoms with van der Waals surface area (Å²) in [6.07, 6.45) is 0.986. The fraction of sp³-hybridized carbons (Fsp3) is 0.357. The summed E-state index contributed by atoms with van der Waals surface area (Å²) < 4.78 is 5.84. The van der Waals surface area contributed by atoms with E-state index in [9.17, 15) is 4.79 Å². The molecule has 0 aliphatic heterocycles. The second-order valence-electron chi connectivity index (χ2n) is 4.66. The highest BCUT2D eigenvalue weighted by Gasteiger charge is 2.26. The quantitative estimate of drug-likeness (QED) is 0.312. The summed E-state index contributed by atoms with van der Waals surface area (Å²) in [6.45, 7) is 6.10. The van der Waals surface area contributed by atoms with Crippen molar-refractivity contribution in [2.45, 2.75) is 19.7 Å². The first-order valence-corrected chi connectivity index (χ1v) is 5.65. The summed E-state index contributed by atoms with van der Waals surface area (Å²) in [5.41, 5.74) is 1.22. The molecule has 0 saturated carbocycles. The molecule has 0 amide bonds. The van der Waals surface area contributed by atoms with E-state index >= 15 is 0 Å². The molecule has 0 spiro atoms. The number of hydrogen-bond acceptors (Lipinski definition) is 2. The fourth-order valence-electron chi connectivity index (χ4n) is 1.54. The van der Waals surface area contributed by atoms with Gasteiger partial charge in [-0.15, -0.1) is 0 Å². The summed E-state index contributed by atoms with van der Waals surface area (Å²) in [7, 11) is 4.07. The third-order valence-corrected chi connectivity index (χ3v) is 2.87. The molecule has 1 unspecified atom stereocenters. The van der Waals surface area contributed by atoms with E-state index in [2.05, 4.69) is 18.7 Å². The lowest BCUT2D eigenvalue weighted by Gasteiger charge is -2.34. The summed E-state index contributed by atoms with van der Waals surface area (Å²) >= 11 is 0. The molecule has 1 aromatic carbocycles. The van der Waals surface area contributed by atoms with Gasteiger partial charge in [0.05, 0.1) is 14.1 Å². The van der Waals surface area contributed by atoms with Crippen LogP contribution in [0.2, 0.25) is 0 Å². The van der Waals surface area contributed by atoms with Crippen molar-refractivity contribution in [2.24, 2.45) is 0 Å². The van der Waals surface area contributed by atoms with E-state index in [0.717, 1.165) is 6.54 Å². The van der Waals surface area contributed by atoms with Crippen LogP contribution in [0.4, 0.5) is 0 Å². The molecule has 0 aliphatic carbocycles. The lowest BCUT2D eigenvalue weighted by atomic mass is 10.2. The first kappa shape index (κ1) is 16.9. The maximum absolute atomic E-state index is 11.2. The van der Waals surface area contributed by atoms with Gasteiger partial charge in [-0.25, -0.2) is 4.79 Å². The van der Waals surface area contributed by atoms with Crippen LogP contribution in [-0.4, -0.2) is 30.8 Å². The SMILES string of the molecule is C=CC(=O)OC(C)[N+](C)(C)Cc1ccccc1.[Br-]. The summed E-state index contributed by atoms with van der Waals surface area (Å²) in [6, 6.07) is 10.2. The van der Waals surface area contributed by atoms with Gasteiger partial charge in [-0.3, -0.25) is 4.48 Å². The lowest BCUT2D eigenvalue weighted by Crippen LogP contribution is -3.00. The summed E-state index contributed by atoms with van der Waals surface area (Å²) in [5.74, 6) is -0.378. The Kier molecular flexibility index (Phi) is 6.88. The van der Waals surface area contributed by atoms with Crippen LogP contribution < -0.4 is 17.0 Å². The van der Waals surface area contributed by atoms with Crippen molar-refractivity contribution in [2.75, 3.05) is 14.1 Å². The highest BCUT2D eigenvalue weighted by atomic mass is 79.9. The maximum atomic E-state index is 11.2. The van der Waals surface area contributed by atoms with Gasteiger partial charge in [0.2, 0.25) is 6.23 Å². The number of carbonyl (C=O) groups excluding carboxylic acids is 1. The number of carbonyl (C=O) groups is 1. The van der Waals surface area contributed by atoms with E-state index < -0.39 is 0 Å². The van der Waals surface area contributed by atoms with Gasteiger partial charge in [-0.2, -0.15) is 0 Å². The van der Waals surface area contributed by atoms with Crippen molar-refractivity contribution in [1.29, 1.82) is 0 Å². The minimum Gasteiger partial charge on any atom is -1.00 e. The van der Waals surface area contributed by atoms with Crippen LogP contribution in [0.3, 0.4) is 0 Å². The van der Waals surface area contributed by atoms with E-state index in [1.165, 1.54) is 11.6 Å². The molecule has 0 N–H and O–H groups in total. The molecule has 1 atom stereocenters. The van der Waals surface area contributed by atoms with Crippen LogP contribution in [0.15, 0.2) is 43.0 Å². The van der Waals surface area contributed by atoms with Gasteiger partial charge < -0.3 is 21.7 Å². The zero-order chi connectivity index (χ0) is 12.9. The fourth-order valence-corrected chi connectivity index (χ4v) is 1.54. The highest BCUT2D eigenvalue weighted by Crippen LogP contribution is 2.14. The Balaban J connectivity index is 0.00000289. The van der Waals surface area contributed by atoms with E-state index in [4.69, 9.17) is 4.74 Å². The minimum absolute atomic E-state index is 0. The topological polar surface area (TPSA) is 26.3 Å². The zero-order valence-corrected chi connectivity index (χ0v) is 12.7. The second-order valence-corrected chi connectivity index (χ2v) is 4.66. The second kappa shape index (κ2) is 7.34. The van der Waals surface area contributed by atoms with E-state index in [1.807, 2.05) is 39.2 Å². The van der Waals surface area contributed by atoms with Crippen LogP contribution in [-0.2, 0) is 16.1 Å². The van der Waals surface area contributed by atoms with Crippen molar-refractivity contribution in [1.82, 2.24) is 0 Å². The Labute approximate surface area is 119 Å². The third-order valence-electron chi connectivity index (χ3n) is 2.87. The van der Waals surface area contributed by atoms with Gasteiger partial charge in [0.25, 0.3) is 0 Å². The van der Waals surface area contributed by atoms with Gasteiger partial charge in [-0.05, 0) is 0 Å². The summed E-state index contributed by atoms with van der Waals surface area (Å²) in [4.78, 5) is 11.2. The average molecular weight is 314 g/mol. The first-order chi connectivity index (χ1) is 7.95. The number of ether oxygens (including phenoxy) is 1. The van der Waals surface area contributed by atoms with E-state index in [1.54, 1.807) is 0 Å². The average Bonchev–Trinajstić information content (AvgIpc) is 2.29. The molecule has 0 saturated heterocycles. The molecule has 1 aromatic rings. The molecule has 100 valence electrons. The molecular formula is C14H20BrNO2. The van der Waals surface area contributed by atoms with Crippen LogP contribution in [0, 0.1) is 0 Å². The molecule has 18 heavy (non-hydrogen) atoms. The Morgan fingerprint density at radius 1 is 1.39 bits per heavy atom. The largest absolute Gasteiger partial charge is 1.00 e. The molecule has 0 radical (unpaired) electrons. The molecule has 0 fully saturated rings. The van der Waals surface area contributed by atoms with Gasteiger partial charge >= 0.3 is 5.97 Å². The predicted octanol–water partition coefficient (Wildman–Crippen LogP) is -0.658. The van der Waals surface area contributed by atoms with Gasteiger partial charge in [0, 0.05) is 18.6 Å². The number of esters is 1. The number of quaternary nitrogens is 1. The van der Waals surface area contributed by atoms with Crippen LogP contribution >= 0.6 is 0 Å². The lowest BCUT2D eigenvalue weighted by molar-refractivity contribution is -0.945. The normalized spacial score (nSPS) is 12.2. The molecule has 4 heteroatoms. The monoisotopic (exact) mass is 313 g/mol. The Bertz CT molecular complexity index is 390. The van der Waals surface area contributed by atoms with Crippen molar-refractivity contribution in [3.8, 4) is 0 Å². The molecular weight excluding hydrogens is 294 g/mol. The van der Waals surface area contributed by atoms with E-state index in [0.29, 0.717) is 4.48 Å². The van der Waals surface area contributed by atoms with Gasteiger partial charge in [-0.1, -0.05) is 36.9 Å². The molecule has 3 nitrogen and oxygen atoms in total. The van der Waals surface area contributed by atoms with Gasteiger partial charge in [0.1, 0.15) is 6.54 Å². The molecule has 1 rings (SSSR count). The van der Waals surface area contributed by atoms with Crippen molar-refractivity contribution < 1.29 is 31.0 Å². The Morgan fingerprint density at radius 2 is 1.94 bits per heavy atom. The molecule has 0 heterocycles. The zero-order valence-electron chi connectivity index (χ0n) is 11.1. The predicted molar refractivity (Wildman–Crippen MR) is 68.0 cm³/mol.